The number of hydrogen-bond acceptors (Lipinski definition) is 5. The highest BCUT2D eigenvalue weighted by atomic mass is 16.5. The lowest BCUT2D eigenvalue weighted by Gasteiger charge is -2.36. The summed E-state index contributed by atoms with van der Waals surface area (Å²) in [6.07, 6.45) is 1.66. The van der Waals surface area contributed by atoms with E-state index >= 15 is 0 Å². The summed E-state index contributed by atoms with van der Waals surface area (Å²) < 4.78 is 5.64. The number of fused-ring (bicyclic) bond motifs is 2. The number of hydrogen-bond donors (Lipinski definition) is 2. The highest BCUT2D eigenvalue weighted by Gasteiger charge is 2.45. The number of aliphatic hydroxyl groups excluding tert-OH is 2. The van der Waals surface area contributed by atoms with Gasteiger partial charge in [0.05, 0.1) is 12.7 Å². The van der Waals surface area contributed by atoms with Gasteiger partial charge in [0.1, 0.15) is 12.0 Å². The van der Waals surface area contributed by atoms with Gasteiger partial charge in [0.25, 0.3) is 0 Å². The standard InChI is InChI=1S/C17H23NO4/c1-18-12-7-13(9-15(18)16(20)8-12)22-17(21)14(10-19)11-5-3-2-4-6-11/h2-6,12-16,19-20H,7-10H2,1H3/t12-,13?,14?,15+,16?/m1/s1. The van der Waals surface area contributed by atoms with Crippen molar-refractivity contribution >= 4 is 5.97 Å². The van der Waals surface area contributed by atoms with Crippen LogP contribution in [-0.4, -0.2) is 59.0 Å². The van der Waals surface area contributed by atoms with Crippen LogP contribution in [0.1, 0.15) is 30.7 Å². The van der Waals surface area contributed by atoms with E-state index < -0.39 is 5.92 Å². The van der Waals surface area contributed by atoms with Gasteiger partial charge in [-0.3, -0.25) is 9.69 Å². The zero-order chi connectivity index (χ0) is 15.7. The average Bonchev–Trinajstić information content (AvgIpc) is 2.68. The lowest BCUT2D eigenvalue weighted by atomic mass is 9.98. The molecule has 0 spiro atoms. The summed E-state index contributed by atoms with van der Waals surface area (Å²) in [7, 11) is 2.02. The van der Waals surface area contributed by atoms with Crippen LogP contribution in [-0.2, 0) is 9.53 Å². The molecule has 5 atom stereocenters. The number of nitrogens with zero attached hydrogens (tertiary/aromatic N) is 1. The van der Waals surface area contributed by atoms with Gasteiger partial charge in [0, 0.05) is 24.9 Å². The van der Waals surface area contributed by atoms with Gasteiger partial charge in [-0.2, -0.15) is 0 Å². The van der Waals surface area contributed by atoms with E-state index in [2.05, 4.69) is 4.90 Å². The second-order valence-corrected chi connectivity index (χ2v) is 6.37. The van der Waals surface area contributed by atoms with E-state index in [1.54, 1.807) is 0 Å². The van der Waals surface area contributed by atoms with Gasteiger partial charge in [-0.25, -0.2) is 0 Å². The summed E-state index contributed by atoms with van der Waals surface area (Å²) >= 11 is 0. The number of benzene rings is 1. The van der Waals surface area contributed by atoms with Gasteiger partial charge in [-0.15, -0.1) is 0 Å². The first-order chi connectivity index (χ1) is 10.6. The summed E-state index contributed by atoms with van der Waals surface area (Å²) in [6.45, 7) is -0.259. The van der Waals surface area contributed by atoms with Gasteiger partial charge < -0.3 is 14.9 Å². The zero-order valence-corrected chi connectivity index (χ0v) is 12.8. The molecular formula is C17H23NO4. The highest BCUT2D eigenvalue weighted by molar-refractivity contribution is 5.78. The van der Waals surface area contributed by atoms with E-state index in [-0.39, 0.29) is 36.9 Å². The third-order valence-corrected chi connectivity index (χ3v) is 5.05. The molecule has 22 heavy (non-hydrogen) atoms. The molecule has 2 fully saturated rings. The molecule has 5 heteroatoms. The maximum atomic E-state index is 12.4. The molecular weight excluding hydrogens is 282 g/mol. The second kappa shape index (κ2) is 6.36. The lowest BCUT2D eigenvalue weighted by Crippen LogP contribution is -2.45. The van der Waals surface area contributed by atoms with Crippen molar-refractivity contribution in [3.63, 3.8) is 0 Å². The van der Waals surface area contributed by atoms with E-state index in [0.717, 1.165) is 18.4 Å². The van der Waals surface area contributed by atoms with E-state index in [1.165, 1.54) is 0 Å². The minimum atomic E-state index is -0.636. The average molecular weight is 305 g/mol. The molecule has 0 radical (unpaired) electrons. The minimum absolute atomic E-state index is 0.0702. The molecule has 2 N–H and O–H groups in total. The van der Waals surface area contributed by atoms with Crippen molar-refractivity contribution in [3.05, 3.63) is 35.9 Å². The predicted octanol–water partition coefficient (Wildman–Crippen LogP) is 0.902. The maximum Gasteiger partial charge on any atom is 0.316 e. The lowest BCUT2D eigenvalue weighted by molar-refractivity contribution is -0.155. The van der Waals surface area contributed by atoms with Gasteiger partial charge in [0.2, 0.25) is 0 Å². The van der Waals surface area contributed by atoms with Crippen LogP contribution in [0.15, 0.2) is 30.3 Å². The molecule has 120 valence electrons. The quantitative estimate of drug-likeness (QED) is 0.809. The summed E-state index contributed by atoms with van der Waals surface area (Å²) in [5, 5.41) is 19.6. The van der Waals surface area contributed by atoms with Gasteiger partial charge in [-0.05, 0) is 19.0 Å². The van der Waals surface area contributed by atoms with Crippen molar-refractivity contribution in [2.45, 2.75) is 49.5 Å². The Bertz CT molecular complexity index is 521. The van der Waals surface area contributed by atoms with Gasteiger partial charge >= 0.3 is 5.97 Å². The number of esters is 1. The van der Waals surface area contributed by atoms with Crippen molar-refractivity contribution in [2.24, 2.45) is 0 Å². The smallest absolute Gasteiger partial charge is 0.316 e. The van der Waals surface area contributed by atoms with Crippen LogP contribution >= 0.6 is 0 Å². The van der Waals surface area contributed by atoms with Crippen molar-refractivity contribution in [3.8, 4) is 0 Å². The van der Waals surface area contributed by atoms with Gasteiger partial charge in [0.15, 0.2) is 0 Å². The third kappa shape index (κ3) is 2.89. The fourth-order valence-corrected chi connectivity index (χ4v) is 3.74. The maximum absolute atomic E-state index is 12.4. The van der Waals surface area contributed by atoms with Crippen LogP contribution in [0.3, 0.4) is 0 Å². The molecule has 0 amide bonds. The molecule has 1 aromatic rings. The molecule has 2 saturated heterocycles. The normalized spacial score (nSPS) is 32.7. The van der Waals surface area contributed by atoms with E-state index in [4.69, 9.17) is 4.74 Å². The van der Waals surface area contributed by atoms with Crippen LogP contribution in [0.2, 0.25) is 0 Å². The van der Waals surface area contributed by atoms with Crippen LogP contribution < -0.4 is 0 Å². The first kappa shape index (κ1) is 15.5. The fourth-order valence-electron chi connectivity index (χ4n) is 3.74. The summed E-state index contributed by atoms with van der Waals surface area (Å²) in [5.41, 5.74) is 0.769. The molecule has 0 aliphatic carbocycles. The van der Waals surface area contributed by atoms with Gasteiger partial charge in [-0.1, -0.05) is 30.3 Å². The number of aliphatic hydroxyl groups is 2. The third-order valence-electron chi connectivity index (χ3n) is 5.05. The molecule has 2 heterocycles. The van der Waals surface area contributed by atoms with Crippen LogP contribution in [0.4, 0.5) is 0 Å². The first-order valence-corrected chi connectivity index (χ1v) is 7.86. The van der Waals surface area contributed by atoms with Crippen LogP contribution in [0, 0.1) is 0 Å². The molecule has 1 aromatic carbocycles. The Balaban J connectivity index is 1.65. The van der Waals surface area contributed by atoms with Crippen molar-refractivity contribution < 1.29 is 19.7 Å². The number of carbonyl (C=O) groups is 1. The Morgan fingerprint density at radius 2 is 2.05 bits per heavy atom. The van der Waals surface area contributed by atoms with E-state index in [9.17, 15) is 15.0 Å². The number of rotatable bonds is 4. The topological polar surface area (TPSA) is 70.0 Å². The molecule has 0 aromatic heterocycles. The fraction of sp³-hybridized carbons (Fsp3) is 0.588. The van der Waals surface area contributed by atoms with E-state index in [1.807, 2.05) is 37.4 Å². The van der Waals surface area contributed by atoms with E-state index in [0.29, 0.717) is 6.42 Å². The molecule has 2 bridgehead atoms. The molecule has 3 unspecified atom stereocenters. The predicted molar refractivity (Wildman–Crippen MR) is 81.3 cm³/mol. The molecule has 3 rings (SSSR count). The highest BCUT2D eigenvalue weighted by Crippen LogP contribution is 2.36. The summed E-state index contributed by atoms with van der Waals surface area (Å²) in [5.74, 6) is -1.01. The second-order valence-electron chi connectivity index (χ2n) is 6.37. The Kier molecular flexibility index (Phi) is 4.47. The molecule has 0 saturated carbocycles. The Morgan fingerprint density at radius 1 is 1.32 bits per heavy atom. The number of likely N-dealkylation sites (N-methyl/N-ethyl adjacent to an activating group) is 1. The van der Waals surface area contributed by atoms with Crippen molar-refractivity contribution in [1.82, 2.24) is 4.90 Å². The minimum Gasteiger partial charge on any atom is -0.462 e. The SMILES string of the molecule is CN1[C@@H]2CC(OC(=O)C(CO)c3ccccc3)C[C@H]1C(O)C2. The number of carbonyl (C=O) groups excluding carboxylic acids is 1. The monoisotopic (exact) mass is 305 g/mol. The Labute approximate surface area is 130 Å². The largest absolute Gasteiger partial charge is 0.462 e. The summed E-state index contributed by atoms with van der Waals surface area (Å²) in [6, 6.07) is 9.56. The first-order valence-electron chi connectivity index (χ1n) is 7.86. The Hall–Kier alpha value is -1.43. The number of ether oxygens (including phenoxy) is 1. The van der Waals surface area contributed by atoms with Crippen LogP contribution in [0.25, 0.3) is 0 Å². The Morgan fingerprint density at radius 3 is 2.68 bits per heavy atom. The molecule has 2 aliphatic rings. The van der Waals surface area contributed by atoms with Crippen molar-refractivity contribution in [1.29, 1.82) is 0 Å². The van der Waals surface area contributed by atoms with Crippen LogP contribution in [0.5, 0.6) is 0 Å². The zero-order valence-electron chi connectivity index (χ0n) is 12.8. The molecule has 2 aliphatic heterocycles. The number of piperidine rings is 1. The summed E-state index contributed by atoms with van der Waals surface area (Å²) in [4.78, 5) is 14.6. The van der Waals surface area contributed by atoms with Crippen molar-refractivity contribution in [2.75, 3.05) is 13.7 Å². The molecule has 5 nitrogen and oxygen atoms in total.